The molecule has 0 aliphatic rings. The Morgan fingerprint density at radius 3 is 2.59 bits per heavy atom. The van der Waals surface area contributed by atoms with Gasteiger partial charge in [-0.3, -0.25) is 4.79 Å². The quantitative estimate of drug-likeness (QED) is 0.922. The number of hydrogen-bond donors (Lipinski definition) is 1. The third-order valence-electron chi connectivity index (χ3n) is 3.16. The van der Waals surface area contributed by atoms with Gasteiger partial charge in [0.15, 0.2) is 9.84 Å². The molecule has 0 unspecified atom stereocenters. The molecule has 2 rings (SSSR count). The minimum Gasteiger partial charge on any atom is -0.361 e. The van der Waals surface area contributed by atoms with Gasteiger partial charge in [0.25, 0.3) is 0 Å². The molecule has 2 aromatic rings. The van der Waals surface area contributed by atoms with Gasteiger partial charge in [0, 0.05) is 11.8 Å². The summed E-state index contributed by atoms with van der Waals surface area (Å²) in [4.78, 5) is 12.2. The van der Waals surface area contributed by atoms with Crippen molar-refractivity contribution in [3.63, 3.8) is 0 Å². The summed E-state index contributed by atoms with van der Waals surface area (Å²) in [6.07, 6.45) is 1.16. The smallest absolute Gasteiger partial charge is 0.229 e. The van der Waals surface area contributed by atoms with Crippen LogP contribution in [0, 0.1) is 13.8 Å². The Bertz CT molecular complexity index is 808. The van der Waals surface area contributed by atoms with Crippen LogP contribution in [0.3, 0.4) is 0 Å². The molecule has 1 aromatic carbocycles. The fourth-order valence-electron chi connectivity index (χ4n) is 1.94. The van der Waals surface area contributed by atoms with Crippen molar-refractivity contribution in [3.05, 3.63) is 40.2 Å². The van der Waals surface area contributed by atoms with Crippen LogP contribution in [-0.4, -0.2) is 25.7 Å². The predicted molar refractivity (Wildman–Crippen MR) is 82.9 cm³/mol. The molecule has 0 bridgehead atoms. The van der Waals surface area contributed by atoms with E-state index in [1.165, 1.54) is 18.2 Å². The lowest BCUT2D eigenvalue weighted by molar-refractivity contribution is -0.115. The highest BCUT2D eigenvalue weighted by molar-refractivity contribution is 7.90. The second kappa shape index (κ2) is 6.10. The number of carbonyl (C=O) groups excluding carboxylic acids is 1. The minimum atomic E-state index is -3.38. The van der Waals surface area contributed by atoms with Gasteiger partial charge < -0.3 is 9.84 Å². The molecule has 0 atom stereocenters. The van der Waals surface area contributed by atoms with Crippen LogP contribution in [-0.2, 0) is 21.1 Å². The van der Waals surface area contributed by atoms with Crippen LogP contribution in [0.15, 0.2) is 27.6 Å². The summed E-state index contributed by atoms with van der Waals surface area (Å²) in [6, 6.07) is 4.16. The first kappa shape index (κ1) is 16.5. The Hall–Kier alpha value is -1.86. The van der Waals surface area contributed by atoms with E-state index in [1.54, 1.807) is 13.8 Å². The molecule has 0 saturated heterocycles. The number of sulfone groups is 1. The van der Waals surface area contributed by atoms with E-state index in [2.05, 4.69) is 10.5 Å². The van der Waals surface area contributed by atoms with Crippen molar-refractivity contribution in [2.24, 2.45) is 0 Å². The number of aromatic nitrogens is 1. The number of nitrogens with one attached hydrogen (secondary N) is 1. The van der Waals surface area contributed by atoms with Crippen LogP contribution in [0.25, 0.3) is 0 Å². The number of carbonyl (C=O) groups is 1. The first-order valence-electron chi connectivity index (χ1n) is 6.39. The van der Waals surface area contributed by atoms with Gasteiger partial charge in [-0.1, -0.05) is 16.8 Å². The van der Waals surface area contributed by atoms with E-state index in [9.17, 15) is 13.2 Å². The van der Waals surface area contributed by atoms with Crippen molar-refractivity contribution in [2.45, 2.75) is 25.2 Å². The molecule has 0 spiro atoms. The summed E-state index contributed by atoms with van der Waals surface area (Å²) in [5.41, 5.74) is 1.60. The average molecular weight is 343 g/mol. The Labute approximate surface area is 133 Å². The lowest BCUT2D eigenvalue weighted by atomic mass is 10.1. The molecule has 1 amide bonds. The van der Waals surface area contributed by atoms with E-state index in [1.807, 2.05) is 0 Å². The molecule has 0 aliphatic carbocycles. The summed E-state index contributed by atoms with van der Waals surface area (Å²) in [5, 5.41) is 6.65. The second-order valence-corrected chi connectivity index (χ2v) is 7.36. The highest BCUT2D eigenvalue weighted by atomic mass is 35.5. The van der Waals surface area contributed by atoms with E-state index in [-0.39, 0.29) is 27.9 Å². The van der Waals surface area contributed by atoms with Gasteiger partial charge in [-0.15, -0.1) is 0 Å². The maximum Gasteiger partial charge on any atom is 0.229 e. The topological polar surface area (TPSA) is 89.3 Å². The summed E-state index contributed by atoms with van der Waals surface area (Å²) in [5.74, 6) is 0.241. The maximum atomic E-state index is 12.1. The minimum absolute atomic E-state index is 0.0700. The Balaban J connectivity index is 2.22. The number of hydrogen-bond acceptors (Lipinski definition) is 5. The van der Waals surface area contributed by atoms with E-state index in [0.717, 1.165) is 6.26 Å². The van der Waals surface area contributed by atoms with Gasteiger partial charge in [-0.25, -0.2) is 8.42 Å². The van der Waals surface area contributed by atoms with Gasteiger partial charge in [-0.05, 0) is 32.0 Å². The summed E-state index contributed by atoms with van der Waals surface area (Å²) in [7, 11) is -3.38. The largest absolute Gasteiger partial charge is 0.361 e. The Kier molecular flexibility index (Phi) is 4.58. The highest BCUT2D eigenvalue weighted by Crippen LogP contribution is 2.25. The average Bonchev–Trinajstić information content (AvgIpc) is 2.72. The molecule has 1 N–H and O–H groups in total. The number of aryl methyl sites for hydroxylation is 2. The lowest BCUT2D eigenvalue weighted by Crippen LogP contribution is -2.16. The zero-order valence-electron chi connectivity index (χ0n) is 12.3. The number of amides is 1. The third-order valence-corrected chi connectivity index (χ3v) is 4.60. The number of benzene rings is 1. The van der Waals surface area contributed by atoms with Crippen LogP contribution >= 0.6 is 11.6 Å². The zero-order chi connectivity index (χ0) is 16.5. The summed E-state index contributed by atoms with van der Waals surface area (Å²) >= 11 is 5.99. The van der Waals surface area contributed by atoms with Crippen molar-refractivity contribution in [1.29, 1.82) is 0 Å². The Morgan fingerprint density at radius 2 is 2.05 bits per heavy atom. The molecule has 1 heterocycles. The molecule has 6 nitrogen and oxygen atoms in total. The van der Waals surface area contributed by atoms with E-state index in [4.69, 9.17) is 16.1 Å². The fraction of sp³-hybridized carbons (Fsp3) is 0.286. The van der Waals surface area contributed by atoms with Crippen LogP contribution < -0.4 is 5.32 Å². The van der Waals surface area contributed by atoms with Gasteiger partial charge in [0.1, 0.15) is 5.76 Å². The standard InChI is InChI=1S/C14H15ClN2O4S/c1-8-11(9(2)21-17-8)7-14(18)16-13-6-10(22(3,19)20)4-5-12(13)15/h4-6H,7H2,1-3H3,(H,16,18). The van der Waals surface area contributed by atoms with E-state index < -0.39 is 9.84 Å². The van der Waals surface area contributed by atoms with Crippen LogP contribution in [0.4, 0.5) is 5.69 Å². The second-order valence-electron chi connectivity index (χ2n) is 4.94. The molecule has 0 aliphatic heterocycles. The van der Waals surface area contributed by atoms with Crippen molar-refractivity contribution < 1.29 is 17.7 Å². The summed E-state index contributed by atoms with van der Waals surface area (Å²) in [6.45, 7) is 3.47. The molecular formula is C14H15ClN2O4S. The van der Waals surface area contributed by atoms with Gasteiger partial charge >= 0.3 is 0 Å². The number of nitrogens with zero attached hydrogens (tertiary/aromatic N) is 1. The molecule has 1 aromatic heterocycles. The van der Waals surface area contributed by atoms with Gasteiger partial charge in [0.05, 0.1) is 27.7 Å². The van der Waals surface area contributed by atoms with E-state index in [0.29, 0.717) is 17.0 Å². The number of halogens is 1. The SMILES string of the molecule is Cc1noc(C)c1CC(=O)Nc1cc(S(C)(=O)=O)ccc1Cl. The maximum absolute atomic E-state index is 12.1. The monoisotopic (exact) mass is 342 g/mol. The predicted octanol–water partition coefficient (Wildman–Crippen LogP) is 2.53. The third kappa shape index (κ3) is 3.66. The molecule has 0 fully saturated rings. The zero-order valence-corrected chi connectivity index (χ0v) is 13.9. The molecule has 0 saturated carbocycles. The first-order valence-corrected chi connectivity index (χ1v) is 8.66. The Morgan fingerprint density at radius 1 is 1.36 bits per heavy atom. The van der Waals surface area contributed by atoms with Gasteiger partial charge in [-0.2, -0.15) is 0 Å². The van der Waals surface area contributed by atoms with Crippen LogP contribution in [0.2, 0.25) is 5.02 Å². The van der Waals surface area contributed by atoms with Crippen LogP contribution in [0.5, 0.6) is 0 Å². The highest BCUT2D eigenvalue weighted by Gasteiger charge is 2.16. The molecule has 22 heavy (non-hydrogen) atoms. The number of anilines is 1. The summed E-state index contributed by atoms with van der Waals surface area (Å²) < 4.78 is 28.1. The lowest BCUT2D eigenvalue weighted by Gasteiger charge is -2.09. The first-order chi connectivity index (χ1) is 10.2. The number of rotatable bonds is 4. The molecular weight excluding hydrogens is 328 g/mol. The van der Waals surface area contributed by atoms with E-state index >= 15 is 0 Å². The van der Waals surface area contributed by atoms with Crippen molar-refractivity contribution in [1.82, 2.24) is 5.16 Å². The van der Waals surface area contributed by atoms with Crippen molar-refractivity contribution in [3.8, 4) is 0 Å². The van der Waals surface area contributed by atoms with Crippen molar-refractivity contribution >= 4 is 33.0 Å². The normalized spacial score (nSPS) is 11.5. The fourth-order valence-corrected chi connectivity index (χ4v) is 2.75. The van der Waals surface area contributed by atoms with Gasteiger partial charge in [0.2, 0.25) is 5.91 Å². The molecule has 118 valence electrons. The molecule has 0 radical (unpaired) electrons. The van der Waals surface area contributed by atoms with Crippen LogP contribution in [0.1, 0.15) is 17.0 Å². The van der Waals surface area contributed by atoms with Crippen molar-refractivity contribution in [2.75, 3.05) is 11.6 Å². The molecule has 8 heteroatoms.